The Balaban J connectivity index is 2.67. The Kier molecular flexibility index (Phi) is 5.82. The van der Waals surface area contributed by atoms with E-state index in [2.05, 4.69) is 5.32 Å². The van der Waals surface area contributed by atoms with Gasteiger partial charge in [-0.05, 0) is 25.0 Å². The maximum atomic E-state index is 11.9. The van der Waals surface area contributed by atoms with Gasteiger partial charge in [0.15, 0.2) is 9.84 Å². The maximum absolute atomic E-state index is 11.9. The van der Waals surface area contributed by atoms with Crippen molar-refractivity contribution in [2.24, 2.45) is 0 Å². The van der Waals surface area contributed by atoms with Crippen LogP contribution in [-0.4, -0.2) is 26.1 Å². The molecule has 0 unspecified atom stereocenters. The van der Waals surface area contributed by atoms with E-state index in [1.54, 1.807) is 24.3 Å². The SMILES string of the molecule is CC[C@H](C)NC(=O)CS(=O)(=O)Cc1ccccc1Cl. The van der Waals surface area contributed by atoms with Gasteiger partial charge in [-0.3, -0.25) is 4.79 Å². The van der Waals surface area contributed by atoms with E-state index in [-0.39, 0.29) is 11.8 Å². The summed E-state index contributed by atoms with van der Waals surface area (Å²) >= 11 is 5.91. The van der Waals surface area contributed by atoms with Crippen LogP contribution in [0.15, 0.2) is 24.3 Å². The van der Waals surface area contributed by atoms with Crippen molar-refractivity contribution in [2.45, 2.75) is 32.1 Å². The van der Waals surface area contributed by atoms with Crippen LogP contribution in [0.1, 0.15) is 25.8 Å². The standard InChI is InChI=1S/C13H18ClNO3S/c1-3-10(2)15-13(16)9-19(17,18)8-11-6-4-5-7-12(11)14/h4-7,10H,3,8-9H2,1-2H3,(H,15,16)/t10-/m0/s1. The number of carbonyl (C=O) groups is 1. The Morgan fingerprint density at radius 3 is 2.58 bits per heavy atom. The minimum absolute atomic E-state index is 0.0250. The predicted octanol–water partition coefficient (Wildman–Crippen LogP) is 2.17. The molecule has 0 aliphatic heterocycles. The minimum atomic E-state index is -3.51. The van der Waals surface area contributed by atoms with Crippen molar-refractivity contribution in [3.63, 3.8) is 0 Å². The van der Waals surface area contributed by atoms with E-state index in [0.29, 0.717) is 10.6 Å². The number of amides is 1. The third kappa shape index (κ3) is 5.61. The van der Waals surface area contributed by atoms with Gasteiger partial charge in [0.2, 0.25) is 5.91 Å². The molecule has 0 bridgehead atoms. The van der Waals surface area contributed by atoms with Crippen molar-refractivity contribution in [2.75, 3.05) is 5.75 Å². The van der Waals surface area contributed by atoms with Crippen molar-refractivity contribution in [3.05, 3.63) is 34.9 Å². The van der Waals surface area contributed by atoms with Crippen LogP contribution >= 0.6 is 11.6 Å². The average molecular weight is 304 g/mol. The summed E-state index contributed by atoms with van der Waals surface area (Å²) in [6, 6.07) is 6.70. The Hall–Kier alpha value is -1.07. The number of carbonyl (C=O) groups excluding carboxylic acids is 1. The predicted molar refractivity (Wildman–Crippen MR) is 76.8 cm³/mol. The topological polar surface area (TPSA) is 63.2 Å². The van der Waals surface area contributed by atoms with Gasteiger partial charge in [0.05, 0.1) is 5.75 Å². The first-order valence-electron chi connectivity index (χ1n) is 6.07. The highest BCUT2D eigenvalue weighted by Gasteiger charge is 2.19. The maximum Gasteiger partial charge on any atom is 0.235 e. The van der Waals surface area contributed by atoms with Gasteiger partial charge in [-0.15, -0.1) is 0 Å². The second-order valence-corrected chi connectivity index (χ2v) is 6.97. The van der Waals surface area contributed by atoms with Gasteiger partial charge in [-0.1, -0.05) is 36.7 Å². The lowest BCUT2D eigenvalue weighted by Crippen LogP contribution is -2.36. The molecular formula is C13H18ClNO3S. The molecule has 0 fully saturated rings. The second kappa shape index (κ2) is 6.91. The van der Waals surface area contributed by atoms with Crippen molar-refractivity contribution in [3.8, 4) is 0 Å². The highest BCUT2D eigenvalue weighted by atomic mass is 35.5. The molecule has 1 N–H and O–H groups in total. The first-order chi connectivity index (χ1) is 8.84. The van der Waals surface area contributed by atoms with E-state index in [0.717, 1.165) is 6.42 Å². The molecule has 19 heavy (non-hydrogen) atoms. The van der Waals surface area contributed by atoms with Gasteiger partial charge < -0.3 is 5.32 Å². The molecule has 1 amide bonds. The van der Waals surface area contributed by atoms with Gasteiger partial charge >= 0.3 is 0 Å². The smallest absolute Gasteiger partial charge is 0.235 e. The van der Waals surface area contributed by atoms with E-state index in [1.165, 1.54) is 0 Å². The third-order valence-electron chi connectivity index (χ3n) is 2.70. The highest BCUT2D eigenvalue weighted by molar-refractivity contribution is 7.91. The number of nitrogens with one attached hydrogen (secondary N) is 1. The Labute approximate surface area is 119 Å². The number of sulfone groups is 1. The summed E-state index contributed by atoms with van der Waals surface area (Å²) in [4.78, 5) is 11.6. The molecule has 6 heteroatoms. The highest BCUT2D eigenvalue weighted by Crippen LogP contribution is 2.17. The number of benzene rings is 1. The molecule has 0 aliphatic carbocycles. The molecule has 0 aromatic heterocycles. The monoisotopic (exact) mass is 303 g/mol. The molecule has 4 nitrogen and oxygen atoms in total. The first-order valence-corrected chi connectivity index (χ1v) is 8.27. The van der Waals surface area contributed by atoms with Crippen LogP contribution in [-0.2, 0) is 20.4 Å². The number of halogens is 1. The Bertz CT molecular complexity index is 543. The lowest BCUT2D eigenvalue weighted by Gasteiger charge is -2.11. The Morgan fingerprint density at radius 1 is 1.37 bits per heavy atom. The van der Waals surface area contributed by atoms with Crippen molar-refractivity contribution in [1.29, 1.82) is 0 Å². The quantitative estimate of drug-likeness (QED) is 0.876. The average Bonchev–Trinajstić information content (AvgIpc) is 2.30. The summed E-state index contributed by atoms with van der Waals surface area (Å²) in [5, 5.41) is 3.03. The summed E-state index contributed by atoms with van der Waals surface area (Å²) in [5.74, 6) is -1.20. The zero-order chi connectivity index (χ0) is 14.5. The van der Waals surface area contributed by atoms with Crippen molar-refractivity contribution < 1.29 is 13.2 Å². The van der Waals surface area contributed by atoms with E-state index in [1.807, 2.05) is 13.8 Å². The number of hydrogen-bond acceptors (Lipinski definition) is 3. The molecule has 0 aliphatic rings. The van der Waals surface area contributed by atoms with Gasteiger partial charge in [0.1, 0.15) is 5.75 Å². The van der Waals surface area contributed by atoms with Crippen LogP contribution < -0.4 is 5.32 Å². The molecule has 106 valence electrons. The first kappa shape index (κ1) is 16.0. The molecule has 0 radical (unpaired) electrons. The molecule has 0 saturated heterocycles. The summed E-state index contributed by atoms with van der Waals surface area (Å²) in [7, 11) is -3.51. The second-order valence-electron chi connectivity index (χ2n) is 4.50. The van der Waals surface area contributed by atoms with Crippen LogP contribution in [0.4, 0.5) is 0 Å². The molecule has 1 rings (SSSR count). The largest absolute Gasteiger partial charge is 0.353 e. The van der Waals surface area contributed by atoms with Gasteiger partial charge in [0.25, 0.3) is 0 Å². The molecule has 0 spiro atoms. The zero-order valence-electron chi connectivity index (χ0n) is 11.0. The molecule has 1 aromatic rings. The lowest BCUT2D eigenvalue weighted by atomic mass is 10.2. The third-order valence-corrected chi connectivity index (χ3v) is 4.53. The molecule has 0 heterocycles. The van der Waals surface area contributed by atoms with E-state index in [4.69, 9.17) is 11.6 Å². The van der Waals surface area contributed by atoms with Gasteiger partial charge in [-0.2, -0.15) is 0 Å². The summed E-state index contributed by atoms with van der Waals surface area (Å²) < 4.78 is 23.8. The molecular weight excluding hydrogens is 286 g/mol. The number of hydrogen-bond donors (Lipinski definition) is 1. The van der Waals surface area contributed by atoms with Crippen LogP contribution in [0.5, 0.6) is 0 Å². The normalized spacial score (nSPS) is 13.0. The lowest BCUT2D eigenvalue weighted by molar-refractivity contribution is -0.119. The van der Waals surface area contributed by atoms with Crippen LogP contribution in [0.2, 0.25) is 5.02 Å². The fraction of sp³-hybridized carbons (Fsp3) is 0.462. The van der Waals surface area contributed by atoms with Crippen LogP contribution in [0.3, 0.4) is 0 Å². The molecule has 0 saturated carbocycles. The van der Waals surface area contributed by atoms with E-state index in [9.17, 15) is 13.2 Å². The summed E-state index contributed by atoms with van der Waals surface area (Å²) in [5.41, 5.74) is 0.514. The summed E-state index contributed by atoms with van der Waals surface area (Å²) in [6.45, 7) is 3.75. The van der Waals surface area contributed by atoms with Gasteiger partial charge in [-0.25, -0.2) is 8.42 Å². The van der Waals surface area contributed by atoms with Crippen molar-refractivity contribution in [1.82, 2.24) is 5.32 Å². The van der Waals surface area contributed by atoms with Crippen LogP contribution in [0, 0.1) is 0 Å². The molecule has 1 aromatic carbocycles. The fourth-order valence-corrected chi connectivity index (χ4v) is 3.11. The summed E-state index contributed by atoms with van der Waals surface area (Å²) in [6.07, 6.45) is 0.760. The Morgan fingerprint density at radius 2 is 2.00 bits per heavy atom. The fourth-order valence-electron chi connectivity index (χ4n) is 1.52. The number of rotatable bonds is 6. The van der Waals surface area contributed by atoms with E-state index < -0.39 is 21.5 Å². The van der Waals surface area contributed by atoms with Crippen LogP contribution in [0.25, 0.3) is 0 Å². The van der Waals surface area contributed by atoms with Gasteiger partial charge in [0, 0.05) is 11.1 Å². The van der Waals surface area contributed by atoms with Crippen molar-refractivity contribution >= 4 is 27.3 Å². The zero-order valence-corrected chi connectivity index (χ0v) is 12.6. The minimum Gasteiger partial charge on any atom is -0.353 e. The van der Waals surface area contributed by atoms with E-state index >= 15 is 0 Å². The molecule has 1 atom stereocenters.